The van der Waals surface area contributed by atoms with Crippen molar-refractivity contribution in [1.29, 1.82) is 0 Å². The van der Waals surface area contributed by atoms with Crippen LogP contribution in [-0.2, 0) is 6.54 Å². The average molecular weight is 342 g/mol. The van der Waals surface area contributed by atoms with Gasteiger partial charge in [0.15, 0.2) is 17.8 Å². The van der Waals surface area contributed by atoms with Gasteiger partial charge in [0.25, 0.3) is 5.91 Å². The molecule has 0 saturated heterocycles. The van der Waals surface area contributed by atoms with Crippen molar-refractivity contribution >= 4 is 17.2 Å². The number of rotatable bonds is 6. The van der Waals surface area contributed by atoms with Crippen molar-refractivity contribution in [1.82, 2.24) is 10.3 Å². The van der Waals surface area contributed by atoms with Gasteiger partial charge in [-0.15, -0.1) is 11.3 Å². The molecule has 1 aromatic carbocycles. The number of ether oxygens (including phenoxy) is 1. The van der Waals surface area contributed by atoms with E-state index in [0.717, 1.165) is 16.2 Å². The molecule has 0 atom stereocenters. The molecule has 0 spiro atoms. The van der Waals surface area contributed by atoms with Crippen molar-refractivity contribution in [3.05, 3.63) is 59.4 Å². The van der Waals surface area contributed by atoms with Crippen molar-refractivity contribution in [3.63, 3.8) is 0 Å². The van der Waals surface area contributed by atoms with E-state index in [0.29, 0.717) is 18.0 Å². The summed E-state index contributed by atoms with van der Waals surface area (Å²) < 4.78 is 11.0. The summed E-state index contributed by atoms with van der Waals surface area (Å²) >= 11 is 1.51. The normalized spacial score (nSPS) is 10.8. The van der Waals surface area contributed by atoms with Gasteiger partial charge in [-0.05, 0) is 43.0 Å². The van der Waals surface area contributed by atoms with Crippen LogP contribution in [0.15, 0.2) is 52.6 Å². The summed E-state index contributed by atoms with van der Waals surface area (Å²) in [6.45, 7) is 4.38. The van der Waals surface area contributed by atoms with Gasteiger partial charge in [-0.3, -0.25) is 4.79 Å². The number of nitrogens with one attached hydrogen (secondary N) is 1. The van der Waals surface area contributed by atoms with Gasteiger partial charge in [0.2, 0.25) is 0 Å². The number of amides is 1. The molecule has 24 heavy (non-hydrogen) atoms. The predicted octanol–water partition coefficient (Wildman–Crippen LogP) is 4.12. The highest BCUT2D eigenvalue weighted by Gasteiger charge is 2.18. The lowest BCUT2D eigenvalue weighted by atomic mass is 10.2. The fourth-order valence-electron chi connectivity index (χ4n) is 2.21. The van der Waals surface area contributed by atoms with Crippen molar-refractivity contribution in [3.8, 4) is 16.4 Å². The Bertz CT molecular complexity index is 792. The van der Waals surface area contributed by atoms with Crippen LogP contribution in [0.2, 0.25) is 0 Å². The van der Waals surface area contributed by atoms with Gasteiger partial charge in [0.05, 0.1) is 11.0 Å². The molecule has 0 aliphatic carbocycles. The fourth-order valence-corrected chi connectivity index (χ4v) is 2.93. The molecule has 0 unspecified atom stereocenters. The Hall–Kier alpha value is -2.60. The van der Waals surface area contributed by atoms with E-state index in [1.54, 1.807) is 0 Å². The largest absolute Gasteiger partial charge is 0.491 e. The Morgan fingerprint density at radius 2 is 2.08 bits per heavy atom. The van der Waals surface area contributed by atoms with Crippen LogP contribution in [0.5, 0.6) is 5.75 Å². The molecular weight excluding hydrogens is 324 g/mol. The van der Waals surface area contributed by atoms with Crippen LogP contribution in [0, 0.1) is 0 Å². The number of hydrogen-bond acceptors (Lipinski definition) is 5. The molecule has 124 valence electrons. The first-order valence-electron chi connectivity index (χ1n) is 7.64. The van der Waals surface area contributed by atoms with E-state index in [-0.39, 0.29) is 12.0 Å². The summed E-state index contributed by atoms with van der Waals surface area (Å²) in [7, 11) is 0. The highest BCUT2D eigenvalue weighted by molar-refractivity contribution is 7.13. The van der Waals surface area contributed by atoms with E-state index in [4.69, 9.17) is 9.15 Å². The van der Waals surface area contributed by atoms with Gasteiger partial charge in [0, 0.05) is 6.54 Å². The number of aromatic nitrogens is 1. The third kappa shape index (κ3) is 3.83. The second-order valence-corrected chi connectivity index (χ2v) is 6.45. The van der Waals surface area contributed by atoms with Gasteiger partial charge in [-0.25, -0.2) is 4.98 Å². The standard InChI is InChI=1S/C18H18N2O3S/c1-12(2)23-14-7-5-13(6-8-14)10-19-18(21)16-17(22-11-20-16)15-4-3-9-24-15/h3-9,11-12H,10H2,1-2H3,(H,19,21). The number of hydrogen-bond donors (Lipinski definition) is 1. The Kier molecular flexibility index (Phi) is 4.96. The molecule has 0 fully saturated rings. The predicted molar refractivity (Wildman–Crippen MR) is 93.2 cm³/mol. The molecule has 2 heterocycles. The monoisotopic (exact) mass is 342 g/mol. The summed E-state index contributed by atoms with van der Waals surface area (Å²) in [6, 6.07) is 11.5. The molecule has 1 N–H and O–H groups in total. The summed E-state index contributed by atoms with van der Waals surface area (Å²) in [5.41, 5.74) is 1.29. The molecule has 2 aromatic heterocycles. The number of thiophene rings is 1. The molecule has 3 rings (SSSR count). The van der Waals surface area contributed by atoms with E-state index < -0.39 is 0 Å². The highest BCUT2D eigenvalue weighted by atomic mass is 32.1. The van der Waals surface area contributed by atoms with E-state index in [2.05, 4.69) is 10.3 Å². The molecule has 5 nitrogen and oxygen atoms in total. The zero-order valence-electron chi connectivity index (χ0n) is 13.5. The Balaban J connectivity index is 1.63. The number of oxazole rings is 1. The first-order chi connectivity index (χ1) is 11.6. The first-order valence-corrected chi connectivity index (χ1v) is 8.52. The minimum atomic E-state index is -0.255. The second-order valence-electron chi connectivity index (χ2n) is 5.50. The van der Waals surface area contributed by atoms with E-state index in [1.165, 1.54) is 17.7 Å². The lowest BCUT2D eigenvalue weighted by molar-refractivity contribution is 0.0947. The maximum atomic E-state index is 12.4. The van der Waals surface area contributed by atoms with Crippen LogP contribution in [0.1, 0.15) is 29.9 Å². The van der Waals surface area contributed by atoms with Gasteiger partial charge in [-0.2, -0.15) is 0 Å². The smallest absolute Gasteiger partial charge is 0.274 e. The van der Waals surface area contributed by atoms with Gasteiger partial charge in [0.1, 0.15) is 5.75 Å². The van der Waals surface area contributed by atoms with Crippen LogP contribution in [-0.4, -0.2) is 17.0 Å². The SMILES string of the molecule is CC(C)Oc1ccc(CNC(=O)c2ncoc2-c2cccs2)cc1. The summed E-state index contributed by atoms with van der Waals surface area (Å²) in [6.07, 6.45) is 1.43. The van der Waals surface area contributed by atoms with Crippen LogP contribution in [0.25, 0.3) is 10.6 Å². The topological polar surface area (TPSA) is 64.4 Å². The molecule has 6 heteroatoms. The minimum absolute atomic E-state index is 0.137. The second kappa shape index (κ2) is 7.31. The van der Waals surface area contributed by atoms with Crippen molar-refractivity contribution in [2.45, 2.75) is 26.5 Å². The van der Waals surface area contributed by atoms with Crippen molar-refractivity contribution in [2.75, 3.05) is 0 Å². The zero-order valence-corrected chi connectivity index (χ0v) is 14.3. The maximum Gasteiger partial charge on any atom is 0.274 e. The number of nitrogens with zero attached hydrogens (tertiary/aromatic N) is 1. The number of carbonyl (C=O) groups excluding carboxylic acids is 1. The molecule has 0 radical (unpaired) electrons. The third-order valence-corrected chi connectivity index (χ3v) is 4.14. The van der Waals surface area contributed by atoms with Crippen LogP contribution in [0.4, 0.5) is 0 Å². The summed E-state index contributed by atoms with van der Waals surface area (Å²) in [5, 5.41) is 4.80. The third-order valence-electron chi connectivity index (χ3n) is 3.28. The summed E-state index contributed by atoms with van der Waals surface area (Å²) in [5.74, 6) is 1.06. The molecular formula is C18H18N2O3S. The molecule has 3 aromatic rings. The highest BCUT2D eigenvalue weighted by Crippen LogP contribution is 2.27. The van der Waals surface area contributed by atoms with Crippen LogP contribution >= 0.6 is 11.3 Å². The summed E-state index contributed by atoms with van der Waals surface area (Å²) in [4.78, 5) is 17.3. The lowest BCUT2D eigenvalue weighted by Crippen LogP contribution is -2.23. The molecule has 1 amide bonds. The average Bonchev–Trinajstić information content (AvgIpc) is 3.24. The van der Waals surface area contributed by atoms with Gasteiger partial charge >= 0.3 is 0 Å². The van der Waals surface area contributed by atoms with Gasteiger partial charge in [-0.1, -0.05) is 18.2 Å². The lowest BCUT2D eigenvalue weighted by Gasteiger charge is -2.10. The van der Waals surface area contributed by atoms with Crippen LogP contribution < -0.4 is 10.1 Å². The quantitative estimate of drug-likeness (QED) is 0.732. The fraction of sp³-hybridized carbons (Fsp3) is 0.222. The zero-order chi connectivity index (χ0) is 16.9. The van der Waals surface area contributed by atoms with Crippen molar-refractivity contribution < 1.29 is 13.9 Å². The van der Waals surface area contributed by atoms with E-state index in [9.17, 15) is 4.79 Å². The minimum Gasteiger partial charge on any atom is -0.491 e. The van der Waals surface area contributed by atoms with Gasteiger partial charge < -0.3 is 14.5 Å². The Morgan fingerprint density at radius 3 is 2.75 bits per heavy atom. The maximum absolute atomic E-state index is 12.4. The number of carbonyl (C=O) groups is 1. The molecule has 0 aliphatic rings. The molecule has 0 bridgehead atoms. The van der Waals surface area contributed by atoms with Crippen molar-refractivity contribution in [2.24, 2.45) is 0 Å². The Morgan fingerprint density at radius 1 is 1.29 bits per heavy atom. The Labute approximate surface area is 144 Å². The molecule has 0 saturated carbocycles. The van der Waals surface area contributed by atoms with E-state index in [1.807, 2.05) is 55.6 Å². The number of benzene rings is 1. The molecule has 0 aliphatic heterocycles. The van der Waals surface area contributed by atoms with E-state index >= 15 is 0 Å². The van der Waals surface area contributed by atoms with Crippen LogP contribution in [0.3, 0.4) is 0 Å². The first kappa shape index (κ1) is 16.3.